The van der Waals surface area contributed by atoms with Crippen molar-refractivity contribution in [3.63, 3.8) is 0 Å². The summed E-state index contributed by atoms with van der Waals surface area (Å²) in [7, 11) is -1.92. The van der Waals surface area contributed by atoms with Crippen molar-refractivity contribution in [1.82, 2.24) is 4.31 Å². The van der Waals surface area contributed by atoms with Crippen LogP contribution in [0, 0.1) is 17.8 Å². The van der Waals surface area contributed by atoms with Gasteiger partial charge in [0, 0.05) is 22.1 Å². The molecule has 0 radical (unpaired) electrons. The Balaban J connectivity index is 1.84. The minimum absolute atomic E-state index is 0.0905. The van der Waals surface area contributed by atoms with Crippen LogP contribution in [0.2, 0.25) is 0 Å². The summed E-state index contributed by atoms with van der Waals surface area (Å²) < 4.78 is 35.7. The van der Waals surface area contributed by atoms with Crippen LogP contribution in [0.25, 0.3) is 3.58 Å². The number of hydrogen-bond acceptors (Lipinski definition) is 3. The quantitative estimate of drug-likeness (QED) is 0.304. The van der Waals surface area contributed by atoms with Gasteiger partial charge in [0.05, 0.1) is 12.0 Å². The van der Waals surface area contributed by atoms with Gasteiger partial charge in [-0.25, -0.2) is 8.42 Å². The molecule has 0 saturated carbocycles. The number of rotatable bonds is 4. The molecule has 2 aromatic rings. The fraction of sp³-hybridized carbons (Fsp3) is 0.407. The summed E-state index contributed by atoms with van der Waals surface area (Å²) in [5, 5.41) is 0. The monoisotopic (exact) mass is 577 g/mol. The number of ether oxygens (including phenoxy) is 1. The van der Waals surface area contributed by atoms with E-state index in [2.05, 4.69) is 54.7 Å². The topological polar surface area (TPSA) is 46.6 Å². The van der Waals surface area contributed by atoms with Gasteiger partial charge in [0.2, 0.25) is 10.0 Å². The van der Waals surface area contributed by atoms with Crippen molar-refractivity contribution in [3.05, 3.63) is 77.4 Å². The van der Waals surface area contributed by atoms with E-state index < -0.39 is 10.0 Å². The van der Waals surface area contributed by atoms with E-state index in [1.54, 1.807) is 23.5 Å². The number of halogens is 1. The lowest BCUT2D eigenvalue weighted by atomic mass is 9.68. The standard InChI is InChI=1S/C27H32INO3S/c1-20-10-12-23(13-11-20)33(30,31)29-17-24(25(28)21-8-7-9-22(16-21)32-4)27(19-29)15-6-5-14-26(2,3)18-27/h5-13,16H,14-15,17-19H2,1-4H3/b25-24+. The first-order chi connectivity index (χ1) is 15.6. The van der Waals surface area contributed by atoms with Crippen molar-refractivity contribution in [2.75, 3.05) is 20.2 Å². The van der Waals surface area contributed by atoms with Gasteiger partial charge < -0.3 is 4.74 Å². The fourth-order valence-corrected chi connectivity index (χ4v) is 7.79. The van der Waals surface area contributed by atoms with Crippen molar-refractivity contribution in [2.24, 2.45) is 10.8 Å². The van der Waals surface area contributed by atoms with E-state index in [1.165, 1.54) is 5.57 Å². The van der Waals surface area contributed by atoms with E-state index in [-0.39, 0.29) is 10.8 Å². The number of sulfonamides is 1. The smallest absolute Gasteiger partial charge is 0.243 e. The van der Waals surface area contributed by atoms with Gasteiger partial charge >= 0.3 is 0 Å². The SMILES string of the molecule is COc1cccc(/C(I)=C2/CN(S(=O)(=O)c3ccc(C)cc3)CC23CC=CCC(C)(C)C3)c1. The van der Waals surface area contributed by atoms with Crippen molar-refractivity contribution in [3.8, 4) is 5.75 Å². The van der Waals surface area contributed by atoms with Gasteiger partial charge in [-0.15, -0.1) is 0 Å². The third-order valence-electron chi connectivity index (χ3n) is 6.86. The highest BCUT2D eigenvalue weighted by molar-refractivity contribution is 14.1. The van der Waals surface area contributed by atoms with Crippen LogP contribution >= 0.6 is 22.6 Å². The molecule has 1 heterocycles. The predicted octanol–water partition coefficient (Wildman–Crippen LogP) is 6.61. The normalized spacial score (nSPS) is 24.6. The number of methoxy groups -OCH3 is 1. The summed E-state index contributed by atoms with van der Waals surface area (Å²) in [5.74, 6) is 0.805. The highest BCUT2D eigenvalue weighted by Gasteiger charge is 2.49. The van der Waals surface area contributed by atoms with Gasteiger partial charge in [-0.3, -0.25) is 0 Å². The molecule has 2 aromatic carbocycles. The van der Waals surface area contributed by atoms with E-state index in [9.17, 15) is 8.42 Å². The number of hydrogen-bond donors (Lipinski definition) is 0. The van der Waals surface area contributed by atoms with Crippen LogP contribution in [-0.2, 0) is 10.0 Å². The summed E-state index contributed by atoms with van der Waals surface area (Å²) >= 11 is 2.42. The maximum atomic E-state index is 13.7. The summed E-state index contributed by atoms with van der Waals surface area (Å²) in [5.41, 5.74) is 3.20. The number of aryl methyl sites for hydroxylation is 1. The van der Waals surface area contributed by atoms with Crippen molar-refractivity contribution in [2.45, 2.75) is 44.9 Å². The molecule has 176 valence electrons. The van der Waals surface area contributed by atoms with E-state index in [0.29, 0.717) is 18.0 Å². The zero-order chi connectivity index (χ0) is 23.9. The zero-order valence-corrected chi connectivity index (χ0v) is 22.7. The van der Waals surface area contributed by atoms with Crippen LogP contribution in [0.5, 0.6) is 5.75 Å². The molecule has 6 heteroatoms. The van der Waals surface area contributed by atoms with Crippen LogP contribution in [-0.4, -0.2) is 32.9 Å². The largest absolute Gasteiger partial charge is 0.497 e. The highest BCUT2D eigenvalue weighted by Crippen LogP contribution is 2.54. The van der Waals surface area contributed by atoms with Crippen molar-refractivity contribution >= 4 is 36.2 Å². The van der Waals surface area contributed by atoms with E-state index in [4.69, 9.17) is 4.74 Å². The molecule has 1 atom stereocenters. The molecule has 2 aliphatic rings. The van der Waals surface area contributed by atoms with Crippen LogP contribution in [0.1, 0.15) is 44.2 Å². The lowest BCUT2D eigenvalue weighted by Crippen LogP contribution is -2.34. The minimum atomic E-state index is -3.59. The molecular weight excluding hydrogens is 545 g/mol. The summed E-state index contributed by atoms with van der Waals surface area (Å²) in [6.07, 6.45) is 7.32. The van der Waals surface area contributed by atoms with Crippen molar-refractivity contribution in [1.29, 1.82) is 0 Å². The molecule has 4 nitrogen and oxygen atoms in total. The first-order valence-corrected chi connectivity index (χ1v) is 13.8. The fourth-order valence-electron chi connectivity index (χ4n) is 5.22. The van der Waals surface area contributed by atoms with E-state index >= 15 is 0 Å². The predicted molar refractivity (Wildman–Crippen MR) is 143 cm³/mol. The number of nitrogens with zero attached hydrogens (tertiary/aromatic N) is 1. The average molecular weight is 578 g/mol. The maximum absolute atomic E-state index is 13.7. The van der Waals surface area contributed by atoms with E-state index in [1.807, 2.05) is 37.3 Å². The molecule has 0 aromatic heterocycles. The second-order valence-corrected chi connectivity index (χ2v) is 13.1. The first-order valence-electron chi connectivity index (χ1n) is 11.3. The van der Waals surface area contributed by atoms with Gasteiger partial charge in [-0.05, 0) is 89.6 Å². The van der Waals surface area contributed by atoms with Gasteiger partial charge in [0.15, 0.2) is 0 Å². The Morgan fingerprint density at radius 1 is 1.06 bits per heavy atom. The Hall–Kier alpha value is -1.64. The van der Waals surface area contributed by atoms with Gasteiger partial charge in [-0.2, -0.15) is 4.31 Å². The molecule has 0 N–H and O–H groups in total. The molecule has 1 aliphatic heterocycles. The molecule has 0 bridgehead atoms. The Kier molecular flexibility index (Phi) is 6.82. The molecule has 1 saturated heterocycles. The van der Waals surface area contributed by atoms with Gasteiger partial charge in [0.25, 0.3) is 0 Å². The maximum Gasteiger partial charge on any atom is 0.243 e. The number of allylic oxidation sites excluding steroid dienone is 2. The molecule has 1 spiro atoms. The lowest BCUT2D eigenvalue weighted by molar-refractivity contribution is 0.209. The Labute approximate surface area is 211 Å². The third kappa shape index (κ3) is 4.93. The molecule has 1 aliphatic carbocycles. The van der Waals surface area contributed by atoms with Crippen LogP contribution in [0.4, 0.5) is 0 Å². The van der Waals surface area contributed by atoms with Crippen LogP contribution in [0.15, 0.2) is 71.2 Å². The minimum Gasteiger partial charge on any atom is -0.497 e. The summed E-state index contributed by atoms with van der Waals surface area (Å²) in [4.78, 5) is 0.365. The van der Waals surface area contributed by atoms with Gasteiger partial charge in [-0.1, -0.05) is 55.8 Å². The van der Waals surface area contributed by atoms with Gasteiger partial charge in [0.1, 0.15) is 5.75 Å². The molecule has 4 rings (SSSR count). The molecule has 1 fully saturated rings. The zero-order valence-electron chi connectivity index (χ0n) is 19.8. The summed E-state index contributed by atoms with van der Waals surface area (Å²) in [6, 6.07) is 15.2. The Morgan fingerprint density at radius 3 is 2.45 bits per heavy atom. The lowest BCUT2D eigenvalue weighted by Gasteiger charge is -2.36. The summed E-state index contributed by atoms with van der Waals surface area (Å²) in [6.45, 7) is 7.46. The molecular formula is C27H32INO3S. The molecule has 1 unspecified atom stereocenters. The van der Waals surface area contributed by atoms with Crippen LogP contribution < -0.4 is 4.74 Å². The van der Waals surface area contributed by atoms with Crippen LogP contribution in [0.3, 0.4) is 0 Å². The number of benzene rings is 2. The molecule has 0 amide bonds. The van der Waals surface area contributed by atoms with E-state index in [0.717, 1.165) is 39.7 Å². The first kappa shape index (κ1) is 24.5. The molecule has 33 heavy (non-hydrogen) atoms. The third-order valence-corrected chi connectivity index (χ3v) is 9.94. The Bertz CT molecular complexity index is 1200. The Morgan fingerprint density at radius 2 is 1.76 bits per heavy atom. The second kappa shape index (κ2) is 9.19. The van der Waals surface area contributed by atoms with Crippen molar-refractivity contribution < 1.29 is 13.2 Å². The average Bonchev–Trinajstić information content (AvgIpc) is 3.07. The second-order valence-electron chi connectivity index (χ2n) is 10.1. The highest BCUT2D eigenvalue weighted by atomic mass is 127.